The van der Waals surface area contributed by atoms with E-state index in [9.17, 15) is 4.79 Å². The lowest BCUT2D eigenvalue weighted by Crippen LogP contribution is -2.52. The number of piperazine rings is 1. The number of rotatable bonds is 6. The summed E-state index contributed by atoms with van der Waals surface area (Å²) in [6.45, 7) is 6.09. The van der Waals surface area contributed by atoms with Crippen molar-refractivity contribution in [3.8, 4) is 0 Å². The lowest BCUT2D eigenvalue weighted by atomic mass is 10.0. The molecule has 4 nitrogen and oxygen atoms in total. The molecule has 1 aliphatic rings. The maximum Gasteiger partial charge on any atom is 0.261 e. The molecule has 0 saturated carbocycles. The molecule has 1 fully saturated rings. The number of para-hydroxylation sites is 1. The van der Waals surface area contributed by atoms with Crippen molar-refractivity contribution in [3.05, 3.63) is 75.1 Å². The average Bonchev–Trinajstić information content (AvgIpc) is 3.44. The van der Waals surface area contributed by atoms with Gasteiger partial charge < -0.3 is 10.2 Å². The molecule has 28 heavy (non-hydrogen) atoms. The number of thiophene rings is 2. The van der Waals surface area contributed by atoms with Crippen LogP contribution in [0.5, 0.6) is 0 Å². The predicted molar refractivity (Wildman–Crippen MR) is 119 cm³/mol. The number of benzene rings is 1. The molecular formula is C22H25N3OS2. The number of anilines is 1. The molecule has 0 spiro atoms. The molecule has 1 N–H and O–H groups in total. The van der Waals surface area contributed by atoms with Crippen LogP contribution in [-0.2, 0) is 0 Å². The summed E-state index contributed by atoms with van der Waals surface area (Å²) >= 11 is 3.26. The Morgan fingerprint density at radius 1 is 0.929 bits per heavy atom. The third-order valence-corrected chi connectivity index (χ3v) is 7.05. The minimum absolute atomic E-state index is 0.0203. The summed E-state index contributed by atoms with van der Waals surface area (Å²) in [5.74, 6) is 0.0203. The van der Waals surface area contributed by atoms with Crippen LogP contribution in [0.2, 0.25) is 0 Å². The molecule has 0 radical (unpaired) electrons. The summed E-state index contributed by atoms with van der Waals surface area (Å²) < 4.78 is 0. The number of hydrogen-bond donors (Lipinski definition) is 1. The monoisotopic (exact) mass is 411 g/mol. The van der Waals surface area contributed by atoms with Crippen LogP contribution >= 0.6 is 22.7 Å². The second-order valence-electron chi connectivity index (χ2n) is 7.06. The van der Waals surface area contributed by atoms with Gasteiger partial charge in [0.2, 0.25) is 0 Å². The second-order valence-corrected chi connectivity index (χ2v) is 8.99. The normalized spacial score (nSPS) is 17.2. The number of hydrogen-bond acceptors (Lipinski definition) is 5. The maximum absolute atomic E-state index is 12.6. The van der Waals surface area contributed by atoms with Crippen LogP contribution in [-0.4, -0.2) is 43.0 Å². The quantitative estimate of drug-likeness (QED) is 0.649. The fourth-order valence-corrected chi connectivity index (χ4v) is 5.45. The van der Waals surface area contributed by atoms with E-state index in [2.05, 4.69) is 69.9 Å². The Morgan fingerprint density at radius 3 is 2.29 bits per heavy atom. The third-order valence-electron chi connectivity index (χ3n) is 5.24. The molecule has 2 atom stereocenters. The van der Waals surface area contributed by atoms with E-state index >= 15 is 0 Å². The molecule has 146 valence electrons. The highest BCUT2D eigenvalue weighted by Crippen LogP contribution is 2.30. The number of carbonyl (C=O) groups is 1. The SMILES string of the molecule is C[C@H](NC(=O)c1cccs1)[C@H](c1cccs1)N1CCN(c2ccccc2)CC1. The Morgan fingerprint density at radius 2 is 1.64 bits per heavy atom. The van der Waals surface area contributed by atoms with E-state index in [1.54, 1.807) is 11.3 Å². The Hall–Kier alpha value is -2.15. The average molecular weight is 412 g/mol. The van der Waals surface area contributed by atoms with E-state index in [0.29, 0.717) is 0 Å². The van der Waals surface area contributed by atoms with Gasteiger partial charge in [0.25, 0.3) is 5.91 Å². The zero-order chi connectivity index (χ0) is 19.3. The van der Waals surface area contributed by atoms with Crippen molar-refractivity contribution in [2.45, 2.75) is 19.0 Å². The Bertz CT molecular complexity index is 857. The summed E-state index contributed by atoms with van der Waals surface area (Å²) in [5, 5.41) is 7.30. The summed E-state index contributed by atoms with van der Waals surface area (Å²) in [7, 11) is 0. The highest BCUT2D eigenvalue weighted by molar-refractivity contribution is 7.12. The van der Waals surface area contributed by atoms with Crippen LogP contribution in [0.15, 0.2) is 65.4 Å². The largest absolute Gasteiger partial charge is 0.369 e. The molecule has 3 aromatic rings. The van der Waals surface area contributed by atoms with Gasteiger partial charge in [-0.25, -0.2) is 0 Å². The number of nitrogens with zero attached hydrogens (tertiary/aromatic N) is 2. The Kier molecular flexibility index (Phi) is 6.10. The Labute approximate surface area is 174 Å². The fourth-order valence-electron chi connectivity index (χ4n) is 3.86. The molecule has 3 heterocycles. The topological polar surface area (TPSA) is 35.6 Å². The zero-order valence-corrected chi connectivity index (χ0v) is 17.6. The lowest BCUT2D eigenvalue weighted by molar-refractivity contribution is 0.0894. The van der Waals surface area contributed by atoms with Crippen molar-refractivity contribution in [2.24, 2.45) is 0 Å². The molecule has 1 amide bonds. The molecule has 1 aliphatic heterocycles. The van der Waals surface area contributed by atoms with Gasteiger partial charge in [-0.2, -0.15) is 0 Å². The van der Waals surface area contributed by atoms with Gasteiger partial charge in [0, 0.05) is 42.8 Å². The van der Waals surface area contributed by atoms with Crippen molar-refractivity contribution in [1.29, 1.82) is 0 Å². The highest BCUT2D eigenvalue weighted by Gasteiger charge is 2.31. The summed E-state index contributed by atoms with van der Waals surface area (Å²) in [4.78, 5) is 19.6. The highest BCUT2D eigenvalue weighted by atomic mass is 32.1. The third kappa shape index (κ3) is 4.29. The van der Waals surface area contributed by atoms with Crippen LogP contribution < -0.4 is 10.2 Å². The van der Waals surface area contributed by atoms with Gasteiger partial charge in [-0.3, -0.25) is 9.69 Å². The van der Waals surface area contributed by atoms with E-state index in [0.717, 1.165) is 31.1 Å². The van der Waals surface area contributed by atoms with Gasteiger partial charge in [-0.1, -0.05) is 30.3 Å². The molecule has 4 rings (SSSR count). The molecule has 0 bridgehead atoms. The number of carbonyl (C=O) groups excluding carboxylic acids is 1. The standard InChI is InChI=1S/C22H25N3OS2/c1-17(23-22(26)20-10-6-16-28-20)21(19-9-5-15-27-19)25-13-11-24(12-14-25)18-7-3-2-4-8-18/h2-10,15-17,21H,11-14H2,1H3,(H,23,26)/t17-,21+/m0/s1. The van der Waals surface area contributed by atoms with E-state index < -0.39 is 0 Å². The first-order chi connectivity index (χ1) is 13.7. The van der Waals surface area contributed by atoms with E-state index in [4.69, 9.17) is 0 Å². The first-order valence-corrected chi connectivity index (χ1v) is 11.4. The van der Waals surface area contributed by atoms with Gasteiger partial charge in [-0.05, 0) is 41.9 Å². The molecule has 0 aliphatic carbocycles. The van der Waals surface area contributed by atoms with Crippen LogP contribution in [0.25, 0.3) is 0 Å². The Balaban J connectivity index is 1.46. The molecule has 2 aromatic heterocycles. The van der Waals surface area contributed by atoms with Crippen molar-refractivity contribution in [3.63, 3.8) is 0 Å². The number of nitrogens with one attached hydrogen (secondary N) is 1. The first-order valence-electron chi connectivity index (χ1n) is 9.64. The summed E-state index contributed by atoms with van der Waals surface area (Å²) in [6, 6.07) is 18.9. The summed E-state index contributed by atoms with van der Waals surface area (Å²) in [5.41, 5.74) is 1.29. The molecule has 0 unspecified atom stereocenters. The minimum Gasteiger partial charge on any atom is -0.369 e. The molecule has 1 saturated heterocycles. The van der Waals surface area contributed by atoms with Gasteiger partial charge in [0.15, 0.2) is 0 Å². The van der Waals surface area contributed by atoms with Crippen molar-refractivity contribution in [2.75, 3.05) is 31.1 Å². The fraction of sp³-hybridized carbons (Fsp3) is 0.318. The predicted octanol–water partition coefficient (Wildman–Crippen LogP) is 4.49. The van der Waals surface area contributed by atoms with E-state index in [1.165, 1.54) is 21.9 Å². The molecule has 6 heteroatoms. The van der Waals surface area contributed by atoms with E-state index in [-0.39, 0.29) is 18.0 Å². The van der Waals surface area contributed by atoms with Crippen LogP contribution in [0.3, 0.4) is 0 Å². The van der Waals surface area contributed by atoms with Gasteiger partial charge in [-0.15, -0.1) is 22.7 Å². The van der Waals surface area contributed by atoms with E-state index in [1.807, 2.05) is 17.5 Å². The maximum atomic E-state index is 12.6. The lowest BCUT2D eigenvalue weighted by Gasteiger charge is -2.42. The summed E-state index contributed by atoms with van der Waals surface area (Å²) in [6.07, 6.45) is 0. The molecular weight excluding hydrogens is 386 g/mol. The zero-order valence-electron chi connectivity index (χ0n) is 16.0. The van der Waals surface area contributed by atoms with Crippen molar-refractivity contribution >= 4 is 34.3 Å². The minimum atomic E-state index is 0.0203. The van der Waals surface area contributed by atoms with Crippen molar-refractivity contribution < 1.29 is 4.79 Å². The van der Waals surface area contributed by atoms with Gasteiger partial charge >= 0.3 is 0 Å². The number of amides is 1. The second kappa shape index (κ2) is 8.90. The van der Waals surface area contributed by atoms with Crippen LogP contribution in [0, 0.1) is 0 Å². The van der Waals surface area contributed by atoms with Crippen molar-refractivity contribution in [1.82, 2.24) is 10.2 Å². The first kappa shape index (κ1) is 19.2. The molecule has 1 aromatic carbocycles. The van der Waals surface area contributed by atoms with Gasteiger partial charge in [0.1, 0.15) is 0 Å². The van der Waals surface area contributed by atoms with Crippen LogP contribution in [0.4, 0.5) is 5.69 Å². The van der Waals surface area contributed by atoms with Gasteiger partial charge in [0.05, 0.1) is 10.9 Å². The van der Waals surface area contributed by atoms with Crippen LogP contribution in [0.1, 0.15) is 27.5 Å². The smallest absolute Gasteiger partial charge is 0.261 e.